The van der Waals surface area contributed by atoms with E-state index in [1.807, 2.05) is 29.1 Å². The number of nitrogens with zero attached hydrogens (tertiary/aromatic N) is 4. The molecule has 3 heterocycles. The van der Waals surface area contributed by atoms with Crippen molar-refractivity contribution in [2.75, 3.05) is 13.1 Å². The lowest BCUT2D eigenvalue weighted by atomic mass is 9.99. The van der Waals surface area contributed by atoms with E-state index in [4.69, 9.17) is 5.11 Å². The highest BCUT2D eigenvalue weighted by atomic mass is 16.4. The van der Waals surface area contributed by atoms with Gasteiger partial charge in [-0.1, -0.05) is 0 Å². The Balaban J connectivity index is 1.85. The van der Waals surface area contributed by atoms with Gasteiger partial charge < -0.3 is 14.6 Å². The van der Waals surface area contributed by atoms with Crippen molar-refractivity contribution in [2.24, 2.45) is 13.0 Å². The van der Waals surface area contributed by atoms with E-state index in [1.54, 1.807) is 11.7 Å². The van der Waals surface area contributed by atoms with E-state index < -0.39 is 11.9 Å². The van der Waals surface area contributed by atoms with Crippen molar-refractivity contribution in [3.63, 3.8) is 0 Å². The molecule has 104 valence electrons. The molecule has 1 N–H and O–H groups in total. The number of likely N-dealkylation sites (tertiary alicyclic amines) is 1. The first-order valence-corrected chi connectivity index (χ1v) is 6.25. The topological polar surface area (TPSA) is 80.4 Å². The van der Waals surface area contributed by atoms with Crippen LogP contribution >= 0.6 is 0 Å². The van der Waals surface area contributed by atoms with E-state index in [1.165, 1.54) is 11.1 Å². The fraction of sp³-hybridized carbons (Fsp3) is 0.308. The third-order valence-electron chi connectivity index (χ3n) is 3.50. The van der Waals surface area contributed by atoms with Crippen molar-refractivity contribution in [3.8, 4) is 5.82 Å². The Morgan fingerprint density at radius 2 is 1.95 bits per heavy atom. The number of amides is 1. The monoisotopic (exact) mass is 274 g/mol. The van der Waals surface area contributed by atoms with Crippen LogP contribution in [0.25, 0.3) is 5.82 Å². The van der Waals surface area contributed by atoms with Gasteiger partial charge in [0.25, 0.3) is 5.91 Å². The second kappa shape index (κ2) is 4.52. The molecular formula is C13H14N4O3. The molecule has 0 aliphatic carbocycles. The van der Waals surface area contributed by atoms with E-state index >= 15 is 0 Å². The Kier molecular flexibility index (Phi) is 2.81. The van der Waals surface area contributed by atoms with Crippen LogP contribution in [-0.2, 0) is 11.8 Å². The van der Waals surface area contributed by atoms with E-state index in [9.17, 15) is 9.59 Å². The summed E-state index contributed by atoms with van der Waals surface area (Å²) in [4.78, 5) is 24.7. The van der Waals surface area contributed by atoms with Crippen LogP contribution in [0.4, 0.5) is 0 Å². The summed E-state index contributed by atoms with van der Waals surface area (Å²) in [5.41, 5.74) is 0.479. The fourth-order valence-corrected chi connectivity index (χ4v) is 2.33. The van der Waals surface area contributed by atoms with Crippen molar-refractivity contribution in [1.29, 1.82) is 0 Å². The first-order valence-electron chi connectivity index (χ1n) is 6.25. The predicted molar refractivity (Wildman–Crippen MR) is 69.6 cm³/mol. The van der Waals surface area contributed by atoms with Crippen molar-refractivity contribution < 1.29 is 14.7 Å². The minimum atomic E-state index is -0.856. The quantitative estimate of drug-likeness (QED) is 0.876. The van der Waals surface area contributed by atoms with Gasteiger partial charge in [0.1, 0.15) is 11.4 Å². The van der Waals surface area contributed by atoms with Crippen LogP contribution in [0.2, 0.25) is 0 Å². The molecule has 2 aromatic rings. The van der Waals surface area contributed by atoms with E-state index in [2.05, 4.69) is 5.10 Å². The maximum absolute atomic E-state index is 12.4. The minimum absolute atomic E-state index is 0.181. The van der Waals surface area contributed by atoms with Crippen molar-refractivity contribution in [2.45, 2.75) is 0 Å². The molecule has 2 aromatic heterocycles. The van der Waals surface area contributed by atoms with Gasteiger partial charge in [-0.15, -0.1) is 0 Å². The Labute approximate surface area is 115 Å². The van der Waals surface area contributed by atoms with Gasteiger partial charge in [-0.25, -0.2) is 0 Å². The Hall–Kier alpha value is -2.57. The van der Waals surface area contributed by atoms with E-state index in [0.717, 1.165) is 0 Å². The summed E-state index contributed by atoms with van der Waals surface area (Å²) in [6, 6.07) is 3.73. The van der Waals surface area contributed by atoms with Crippen LogP contribution in [0.1, 0.15) is 10.4 Å². The lowest BCUT2D eigenvalue weighted by Gasteiger charge is -2.36. The lowest BCUT2D eigenvalue weighted by Crippen LogP contribution is -2.53. The maximum atomic E-state index is 12.4. The molecule has 1 aliphatic rings. The molecule has 7 heteroatoms. The number of hydrogen-bond donors (Lipinski definition) is 1. The lowest BCUT2D eigenvalue weighted by molar-refractivity contribution is -0.146. The highest BCUT2D eigenvalue weighted by Crippen LogP contribution is 2.22. The van der Waals surface area contributed by atoms with Gasteiger partial charge in [0.15, 0.2) is 0 Å². The molecule has 20 heavy (non-hydrogen) atoms. The van der Waals surface area contributed by atoms with Gasteiger partial charge in [-0.05, 0) is 12.1 Å². The summed E-state index contributed by atoms with van der Waals surface area (Å²) in [5, 5.41) is 13.0. The number of carbonyl (C=O) groups excluding carboxylic acids is 1. The maximum Gasteiger partial charge on any atom is 0.310 e. The van der Waals surface area contributed by atoms with E-state index in [-0.39, 0.29) is 19.0 Å². The number of hydrogen-bond acceptors (Lipinski definition) is 3. The summed E-state index contributed by atoms with van der Waals surface area (Å²) in [6.07, 6.45) is 5.19. The number of carboxylic acids is 1. The third kappa shape index (κ3) is 1.87. The molecule has 0 spiro atoms. The standard InChI is InChI=1S/C13H14N4O3/c1-15-11(16-4-2-3-5-16)10(6-14-15)12(18)17-7-9(8-17)13(19)20/h2-6,9H,7-8H2,1H3,(H,19,20). The number of aromatic nitrogens is 3. The molecule has 3 rings (SSSR count). The minimum Gasteiger partial charge on any atom is -0.481 e. The molecule has 1 saturated heterocycles. The Morgan fingerprint density at radius 3 is 2.55 bits per heavy atom. The van der Waals surface area contributed by atoms with Crippen LogP contribution in [0.15, 0.2) is 30.7 Å². The van der Waals surface area contributed by atoms with Crippen LogP contribution in [0.5, 0.6) is 0 Å². The van der Waals surface area contributed by atoms with Crippen LogP contribution in [-0.4, -0.2) is 49.3 Å². The molecule has 0 atom stereocenters. The van der Waals surface area contributed by atoms with E-state index in [0.29, 0.717) is 11.4 Å². The number of aliphatic carboxylic acids is 1. The summed E-state index contributed by atoms with van der Waals surface area (Å²) < 4.78 is 3.44. The highest BCUT2D eigenvalue weighted by Gasteiger charge is 2.37. The molecule has 0 aromatic carbocycles. The molecule has 0 radical (unpaired) electrons. The molecule has 0 bridgehead atoms. The number of carbonyl (C=O) groups is 2. The normalized spacial score (nSPS) is 15.2. The molecule has 0 saturated carbocycles. The van der Waals surface area contributed by atoms with Gasteiger partial charge in [0, 0.05) is 32.5 Å². The Morgan fingerprint density at radius 1 is 1.30 bits per heavy atom. The van der Waals surface area contributed by atoms with Gasteiger partial charge in [0.05, 0.1) is 12.1 Å². The summed E-state index contributed by atoms with van der Waals surface area (Å²) in [5.74, 6) is -0.811. The summed E-state index contributed by atoms with van der Waals surface area (Å²) in [7, 11) is 1.77. The smallest absolute Gasteiger partial charge is 0.310 e. The Bertz CT molecular complexity index is 653. The number of rotatable bonds is 3. The first kappa shape index (κ1) is 12.5. The zero-order valence-corrected chi connectivity index (χ0v) is 10.9. The van der Waals surface area contributed by atoms with Crippen LogP contribution in [0.3, 0.4) is 0 Å². The second-order valence-electron chi connectivity index (χ2n) is 4.84. The highest BCUT2D eigenvalue weighted by molar-refractivity contribution is 5.98. The van der Waals surface area contributed by atoms with Crippen molar-refractivity contribution in [1.82, 2.24) is 19.2 Å². The average Bonchev–Trinajstić information content (AvgIpc) is 2.94. The van der Waals surface area contributed by atoms with Gasteiger partial charge in [-0.2, -0.15) is 5.10 Å². The zero-order valence-electron chi connectivity index (χ0n) is 10.9. The average molecular weight is 274 g/mol. The SMILES string of the molecule is Cn1ncc(C(=O)N2CC(C(=O)O)C2)c1-n1cccc1. The molecule has 1 aliphatic heterocycles. The third-order valence-corrected chi connectivity index (χ3v) is 3.50. The first-order chi connectivity index (χ1) is 9.58. The molecular weight excluding hydrogens is 260 g/mol. The van der Waals surface area contributed by atoms with Crippen molar-refractivity contribution in [3.05, 3.63) is 36.3 Å². The molecule has 1 fully saturated rings. The molecule has 0 unspecified atom stereocenters. The van der Waals surface area contributed by atoms with Crippen molar-refractivity contribution >= 4 is 11.9 Å². The number of carboxylic acid groups (broad SMARTS) is 1. The second-order valence-corrected chi connectivity index (χ2v) is 4.84. The summed E-state index contributed by atoms with van der Waals surface area (Å²) in [6.45, 7) is 0.516. The fourth-order valence-electron chi connectivity index (χ4n) is 2.33. The van der Waals surface area contributed by atoms with Crippen LogP contribution < -0.4 is 0 Å². The van der Waals surface area contributed by atoms with Gasteiger partial charge in [-0.3, -0.25) is 14.3 Å². The predicted octanol–water partition coefficient (Wildman–Crippen LogP) is 0.367. The number of aryl methyl sites for hydroxylation is 1. The van der Waals surface area contributed by atoms with Gasteiger partial charge in [0.2, 0.25) is 0 Å². The zero-order chi connectivity index (χ0) is 14.3. The summed E-state index contributed by atoms with van der Waals surface area (Å²) >= 11 is 0. The molecule has 7 nitrogen and oxygen atoms in total. The molecule has 1 amide bonds. The largest absolute Gasteiger partial charge is 0.481 e. The van der Waals surface area contributed by atoms with Crippen LogP contribution in [0, 0.1) is 5.92 Å². The van der Waals surface area contributed by atoms with Gasteiger partial charge >= 0.3 is 5.97 Å².